The maximum atomic E-state index is 11.8. The zero-order valence-corrected chi connectivity index (χ0v) is 11.7. The van der Waals surface area contributed by atoms with Gasteiger partial charge in [0.05, 0.1) is 17.3 Å². The number of anilines is 2. The molecular formula is C12H19ClN4O. The second-order valence-electron chi connectivity index (χ2n) is 4.28. The number of carbonyl (C=O) groups is 1. The zero-order chi connectivity index (χ0) is 13.7. The van der Waals surface area contributed by atoms with E-state index in [-0.39, 0.29) is 12.5 Å². The van der Waals surface area contributed by atoms with Gasteiger partial charge in [0.2, 0.25) is 5.91 Å². The lowest BCUT2D eigenvalue weighted by molar-refractivity contribution is -0.127. The van der Waals surface area contributed by atoms with E-state index in [9.17, 15) is 4.79 Å². The number of hydrogen-bond acceptors (Lipinski definition) is 4. The van der Waals surface area contributed by atoms with Crippen LogP contribution in [0.25, 0.3) is 0 Å². The lowest BCUT2D eigenvalue weighted by atomic mass is 10.3. The Hall–Kier alpha value is -1.49. The van der Waals surface area contributed by atoms with E-state index < -0.39 is 0 Å². The normalized spacial score (nSPS) is 10.2. The van der Waals surface area contributed by atoms with Gasteiger partial charge in [0.25, 0.3) is 0 Å². The molecule has 5 nitrogen and oxygen atoms in total. The quantitative estimate of drug-likeness (QED) is 0.883. The van der Waals surface area contributed by atoms with Crippen LogP contribution in [0.1, 0.15) is 13.3 Å². The molecule has 0 unspecified atom stereocenters. The molecule has 0 aliphatic heterocycles. The van der Waals surface area contributed by atoms with Gasteiger partial charge < -0.3 is 15.5 Å². The highest BCUT2D eigenvalue weighted by Crippen LogP contribution is 2.23. The summed E-state index contributed by atoms with van der Waals surface area (Å²) >= 11 is 5.82. The Morgan fingerprint density at radius 2 is 2.17 bits per heavy atom. The summed E-state index contributed by atoms with van der Waals surface area (Å²) in [5.41, 5.74) is 6.38. The van der Waals surface area contributed by atoms with E-state index in [2.05, 4.69) is 4.98 Å². The maximum Gasteiger partial charge on any atom is 0.241 e. The van der Waals surface area contributed by atoms with Gasteiger partial charge in [0, 0.05) is 26.8 Å². The van der Waals surface area contributed by atoms with Crippen LogP contribution in [0.5, 0.6) is 0 Å². The van der Waals surface area contributed by atoms with Gasteiger partial charge in [-0.2, -0.15) is 0 Å². The molecule has 1 rings (SSSR count). The number of nitrogens with zero attached hydrogens (tertiary/aromatic N) is 3. The molecule has 0 bridgehead atoms. The van der Waals surface area contributed by atoms with Gasteiger partial charge in [-0.25, -0.2) is 4.98 Å². The zero-order valence-electron chi connectivity index (χ0n) is 11.0. The number of likely N-dealkylation sites (N-methyl/N-ethyl adjacent to an activating group) is 1. The van der Waals surface area contributed by atoms with Gasteiger partial charge >= 0.3 is 0 Å². The molecule has 0 fully saturated rings. The van der Waals surface area contributed by atoms with Crippen LogP contribution in [0.2, 0.25) is 5.02 Å². The van der Waals surface area contributed by atoms with Crippen molar-refractivity contribution in [3.05, 3.63) is 17.3 Å². The molecule has 0 spiro atoms. The molecule has 1 aromatic heterocycles. The summed E-state index contributed by atoms with van der Waals surface area (Å²) in [6, 6.07) is 1.65. The van der Waals surface area contributed by atoms with Crippen molar-refractivity contribution in [3.8, 4) is 0 Å². The Labute approximate surface area is 113 Å². The van der Waals surface area contributed by atoms with Crippen LogP contribution in [-0.4, -0.2) is 43.0 Å². The van der Waals surface area contributed by atoms with Crippen LogP contribution in [0, 0.1) is 0 Å². The van der Waals surface area contributed by atoms with Crippen molar-refractivity contribution >= 4 is 29.0 Å². The predicted octanol–water partition coefficient (Wildman–Crippen LogP) is 1.62. The number of nitrogens with two attached hydrogens (primary N) is 1. The van der Waals surface area contributed by atoms with E-state index in [4.69, 9.17) is 17.3 Å². The van der Waals surface area contributed by atoms with Gasteiger partial charge in [0.15, 0.2) is 5.82 Å². The van der Waals surface area contributed by atoms with E-state index in [1.807, 2.05) is 11.8 Å². The Morgan fingerprint density at radius 3 is 2.67 bits per heavy atom. The van der Waals surface area contributed by atoms with Gasteiger partial charge in [0.1, 0.15) is 0 Å². The predicted molar refractivity (Wildman–Crippen MR) is 74.9 cm³/mol. The number of carbonyl (C=O) groups excluding carboxylic acids is 1. The van der Waals surface area contributed by atoms with Crippen molar-refractivity contribution in [2.24, 2.45) is 0 Å². The summed E-state index contributed by atoms with van der Waals surface area (Å²) in [6.45, 7) is 3.03. The average Bonchev–Trinajstić information content (AvgIpc) is 2.28. The summed E-state index contributed by atoms with van der Waals surface area (Å²) in [4.78, 5) is 19.4. The highest BCUT2D eigenvalue weighted by atomic mass is 35.5. The van der Waals surface area contributed by atoms with Crippen molar-refractivity contribution in [3.63, 3.8) is 0 Å². The third-order valence-corrected chi connectivity index (χ3v) is 2.69. The van der Waals surface area contributed by atoms with Crippen molar-refractivity contribution in [1.82, 2.24) is 9.88 Å². The molecular weight excluding hydrogens is 252 g/mol. The minimum absolute atomic E-state index is 0.0135. The summed E-state index contributed by atoms with van der Waals surface area (Å²) in [7, 11) is 3.45. The summed E-state index contributed by atoms with van der Waals surface area (Å²) in [5, 5.41) is 0.492. The number of amides is 1. The molecule has 2 N–H and O–H groups in total. The molecule has 100 valence electrons. The molecule has 0 radical (unpaired) electrons. The van der Waals surface area contributed by atoms with Crippen LogP contribution in [0.4, 0.5) is 11.5 Å². The molecule has 18 heavy (non-hydrogen) atoms. The molecule has 0 saturated carbocycles. The van der Waals surface area contributed by atoms with E-state index in [0.717, 1.165) is 13.0 Å². The molecule has 0 atom stereocenters. The minimum atomic E-state index is 0.0135. The molecule has 1 amide bonds. The van der Waals surface area contributed by atoms with Gasteiger partial charge in [-0.05, 0) is 12.5 Å². The lowest BCUT2D eigenvalue weighted by Gasteiger charge is -2.25. The smallest absolute Gasteiger partial charge is 0.241 e. The first kappa shape index (κ1) is 14.6. The first-order valence-electron chi connectivity index (χ1n) is 5.81. The molecule has 1 heterocycles. The number of aromatic nitrogens is 1. The summed E-state index contributed by atoms with van der Waals surface area (Å²) < 4.78 is 0. The number of rotatable bonds is 5. The van der Waals surface area contributed by atoms with Crippen molar-refractivity contribution < 1.29 is 4.79 Å². The second-order valence-corrected chi connectivity index (χ2v) is 4.71. The van der Waals surface area contributed by atoms with Crippen molar-refractivity contribution in [2.45, 2.75) is 13.3 Å². The highest BCUT2D eigenvalue weighted by Gasteiger charge is 2.15. The Morgan fingerprint density at radius 1 is 1.50 bits per heavy atom. The fraction of sp³-hybridized carbons (Fsp3) is 0.500. The monoisotopic (exact) mass is 270 g/mol. The first-order chi connectivity index (χ1) is 8.45. The van der Waals surface area contributed by atoms with Gasteiger partial charge in [-0.15, -0.1) is 0 Å². The third-order valence-electron chi connectivity index (χ3n) is 2.48. The fourth-order valence-electron chi connectivity index (χ4n) is 1.55. The topological polar surface area (TPSA) is 62.5 Å². The first-order valence-corrected chi connectivity index (χ1v) is 6.19. The van der Waals surface area contributed by atoms with Crippen molar-refractivity contribution in [1.29, 1.82) is 0 Å². The van der Waals surface area contributed by atoms with Crippen molar-refractivity contribution in [2.75, 3.05) is 37.8 Å². The Bertz CT molecular complexity index is 423. The number of pyridine rings is 1. The maximum absolute atomic E-state index is 11.8. The molecule has 0 aliphatic rings. The van der Waals surface area contributed by atoms with E-state index >= 15 is 0 Å². The van der Waals surface area contributed by atoms with Crippen LogP contribution < -0.4 is 10.6 Å². The van der Waals surface area contributed by atoms with Crippen LogP contribution in [0.3, 0.4) is 0 Å². The largest absolute Gasteiger partial charge is 0.396 e. The highest BCUT2D eigenvalue weighted by molar-refractivity contribution is 6.30. The third kappa shape index (κ3) is 3.77. The number of nitrogen functional groups attached to an aromatic ring is 1. The molecule has 0 aliphatic carbocycles. The SMILES string of the molecule is CCCN(CC(=O)N(C)C)c1ncc(Cl)cc1N. The minimum Gasteiger partial charge on any atom is -0.396 e. The van der Waals surface area contributed by atoms with E-state index in [0.29, 0.717) is 16.5 Å². The lowest BCUT2D eigenvalue weighted by Crippen LogP contribution is -2.37. The Balaban J connectivity index is 2.93. The van der Waals surface area contributed by atoms with Crippen LogP contribution >= 0.6 is 11.6 Å². The summed E-state index contributed by atoms with van der Waals surface area (Å²) in [5.74, 6) is 0.621. The van der Waals surface area contributed by atoms with Gasteiger partial charge in [-0.3, -0.25) is 4.79 Å². The molecule has 0 saturated heterocycles. The van der Waals surface area contributed by atoms with Crippen LogP contribution in [-0.2, 0) is 4.79 Å². The average molecular weight is 271 g/mol. The number of hydrogen-bond donors (Lipinski definition) is 1. The fourth-order valence-corrected chi connectivity index (χ4v) is 1.71. The Kier molecular flexibility index (Phi) is 5.22. The molecule has 1 aromatic rings. The molecule has 0 aromatic carbocycles. The molecule has 6 heteroatoms. The number of halogens is 1. The van der Waals surface area contributed by atoms with Gasteiger partial charge in [-0.1, -0.05) is 18.5 Å². The summed E-state index contributed by atoms with van der Waals surface area (Å²) in [6.07, 6.45) is 2.44. The van der Waals surface area contributed by atoms with Crippen LogP contribution in [0.15, 0.2) is 12.3 Å². The van der Waals surface area contributed by atoms with E-state index in [1.54, 1.807) is 25.1 Å². The van der Waals surface area contributed by atoms with E-state index in [1.165, 1.54) is 6.20 Å². The standard InChI is InChI=1S/C12H19ClN4O/c1-4-5-17(8-11(18)16(2)3)12-10(14)6-9(13)7-15-12/h6-7H,4-5,8,14H2,1-3H3. The second kappa shape index (κ2) is 6.44.